The average Bonchev–Trinajstić information content (AvgIpc) is 3.84. The fraction of sp³-hybridized carbons (Fsp3) is 0.625. The molecule has 4 heterocycles. The lowest BCUT2D eigenvalue weighted by atomic mass is 9.65. The Kier molecular flexibility index (Phi) is 8.59. The number of aliphatic hydroxyl groups excluding tert-OH is 3. The van der Waals surface area contributed by atoms with E-state index in [1.165, 1.54) is 38.4 Å². The van der Waals surface area contributed by atoms with Gasteiger partial charge in [-0.25, -0.2) is 4.79 Å². The van der Waals surface area contributed by atoms with Gasteiger partial charge in [-0.15, -0.1) is 0 Å². The number of methoxy groups -OCH3 is 1. The van der Waals surface area contributed by atoms with Gasteiger partial charge in [0.15, 0.2) is 11.5 Å². The van der Waals surface area contributed by atoms with Gasteiger partial charge in [0.05, 0.1) is 32.3 Å². The van der Waals surface area contributed by atoms with E-state index in [9.17, 15) is 20.1 Å². The van der Waals surface area contributed by atoms with Crippen molar-refractivity contribution >= 4 is 5.97 Å². The van der Waals surface area contributed by atoms with Crippen molar-refractivity contribution in [2.45, 2.75) is 88.8 Å². The number of hydrogen-bond acceptors (Lipinski definition) is 8. The lowest BCUT2D eigenvalue weighted by Crippen LogP contribution is -2.61. The molecule has 258 valence electrons. The molecule has 3 N–H and O–H groups in total. The van der Waals surface area contributed by atoms with Crippen LogP contribution in [0.25, 0.3) is 0 Å². The molecule has 10 atom stereocenters. The van der Waals surface area contributed by atoms with Crippen molar-refractivity contribution < 1.29 is 34.3 Å². The van der Waals surface area contributed by atoms with Gasteiger partial charge in [-0.3, -0.25) is 4.90 Å². The number of fused-ring (bicyclic) bond motifs is 4. The van der Waals surface area contributed by atoms with Gasteiger partial charge in [-0.1, -0.05) is 62.2 Å². The Balaban J connectivity index is 1.24. The summed E-state index contributed by atoms with van der Waals surface area (Å²) in [5.74, 6) is 2.04. The van der Waals surface area contributed by atoms with Crippen LogP contribution < -0.4 is 0 Å². The zero-order valence-electron chi connectivity index (χ0n) is 28.3. The minimum absolute atomic E-state index is 0.0107. The number of cyclic esters (lactones) is 1. The van der Waals surface area contributed by atoms with Gasteiger partial charge in [-0.05, 0) is 85.7 Å². The first kappa shape index (κ1) is 32.3. The summed E-state index contributed by atoms with van der Waals surface area (Å²) in [4.78, 5) is 15.3. The van der Waals surface area contributed by atoms with E-state index in [2.05, 4.69) is 60.4 Å². The number of rotatable bonds is 6. The Hall–Kier alpha value is -2.91. The molecule has 4 fully saturated rings. The molecule has 3 aliphatic carbocycles. The second-order valence-corrected chi connectivity index (χ2v) is 15.7. The molecule has 8 nitrogen and oxygen atoms in total. The molecule has 8 rings (SSSR count). The highest BCUT2D eigenvalue weighted by molar-refractivity contribution is 5.94. The highest BCUT2D eigenvalue weighted by atomic mass is 16.6. The molecule has 0 unspecified atom stereocenters. The van der Waals surface area contributed by atoms with E-state index >= 15 is 0 Å². The van der Waals surface area contributed by atoms with Crippen molar-refractivity contribution in [3.05, 3.63) is 82.7 Å². The molecule has 7 aliphatic rings. The summed E-state index contributed by atoms with van der Waals surface area (Å²) in [5.41, 5.74) is 1.72. The predicted molar refractivity (Wildman–Crippen MR) is 180 cm³/mol. The number of esters is 1. The van der Waals surface area contributed by atoms with E-state index in [1.807, 2.05) is 0 Å². The number of carbonyl (C=O) groups is 1. The third-order valence-electron chi connectivity index (χ3n) is 13.4. The number of hydrogen-bond donors (Lipinski definition) is 3. The Morgan fingerprint density at radius 2 is 1.88 bits per heavy atom. The van der Waals surface area contributed by atoms with Crippen LogP contribution in [0.1, 0.15) is 76.2 Å². The number of benzene rings is 1. The number of piperidine rings is 1. The van der Waals surface area contributed by atoms with Crippen molar-refractivity contribution in [2.75, 3.05) is 26.9 Å². The largest absolute Gasteiger partial charge is 0.492 e. The lowest BCUT2D eigenvalue weighted by molar-refractivity contribution is -0.134. The second-order valence-electron chi connectivity index (χ2n) is 15.7. The summed E-state index contributed by atoms with van der Waals surface area (Å²) in [7, 11) is 1.45. The Bertz CT molecular complexity index is 1520. The van der Waals surface area contributed by atoms with Gasteiger partial charge in [-0.2, -0.15) is 0 Å². The van der Waals surface area contributed by atoms with E-state index in [1.54, 1.807) is 0 Å². The highest BCUT2D eigenvalue weighted by Gasteiger charge is 2.63. The maximum Gasteiger partial charge on any atom is 0.345 e. The van der Waals surface area contributed by atoms with Crippen LogP contribution in [-0.2, 0) is 19.0 Å². The average molecular weight is 658 g/mol. The number of nitrogens with zero attached hydrogens (tertiary/aromatic N) is 1. The fourth-order valence-electron chi connectivity index (χ4n) is 11.6. The van der Waals surface area contributed by atoms with E-state index in [0.29, 0.717) is 29.4 Å². The summed E-state index contributed by atoms with van der Waals surface area (Å²) >= 11 is 0. The summed E-state index contributed by atoms with van der Waals surface area (Å²) < 4.78 is 17.8. The molecule has 0 bridgehead atoms. The van der Waals surface area contributed by atoms with Crippen LogP contribution in [0.15, 0.2) is 77.2 Å². The van der Waals surface area contributed by atoms with Crippen molar-refractivity contribution in [1.82, 2.24) is 4.90 Å². The predicted octanol–water partition coefficient (Wildman–Crippen LogP) is 5.58. The first-order valence-electron chi connectivity index (χ1n) is 18.4. The van der Waals surface area contributed by atoms with Gasteiger partial charge in [0.1, 0.15) is 11.3 Å². The molecule has 2 saturated carbocycles. The lowest BCUT2D eigenvalue weighted by Gasteiger charge is -2.53. The van der Waals surface area contributed by atoms with Crippen LogP contribution in [0.2, 0.25) is 0 Å². The third-order valence-corrected chi connectivity index (χ3v) is 13.4. The Morgan fingerprint density at radius 1 is 1.08 bits per heavy atom. The van der Waals surface area contributed by atoms with Crippen molar-refractivity contribution in [3.63, 3.8) is 0 Å². The van der Waals surface area contributed by atoms with E-state index in [-0.39, 0.29) is 53.0 Å². The standard InChI is InChI=1S/C40H51NO7/c1-23-10-8-13-25(18-23)35(44)34-27-20-40(15-6-7-16-40)33(24-11-4-3-5-12-24)26(27)19-30-32-28(21-42)37(47-31(32)14-9-17-41(30)34)38-36(46-2)29(22-43)39(45)48-38/h3-5,8,11-14,23,25-28,30,32-35,42-44H,6-7,9-10,15-22H2,1-2H3/t23-,25-,26+,27-,28+,30-,32-,33+,34-,35+/m1/s1. The molecule has 0 aromatic heterocycles. The Labute approximate surface area is 284 Å². The van der Waals surface area contributed by atoms with Gasteiger partial charge >= 0.3 is 5.97 Å². The van der Waals surface area contributed by atoms with Crippen LogP contribution >= 0.6 is 0 Å². The molecule has 1 aromatic carbocycles. The minimum Gasteiger partial charge on any atom is -0.492 e. The number of allylic oxidation sites excluding steroid dienone is 1. The van der Waals surface area contributed by atoms with E-state index in [4.69, 9.17) is 14.2 Å². The maximum absolute atomic E-state index is 12.7. The summed E-state index contributed by atoms with van der Waals surface area (Å²) in [6, 6.07) is 11.2. The van der Waals surface area contributed by atoms with E-state index in [0.717, 1.165) is 44.4 Å². The third kappa shape index (κ3) is 5.04. The zero-order valence-corrected chi connectivity index (χ0v) is 28.3. The summed E-state index contributed by atoms with van der Waals surface area (Å²) in [6.45, 7) is 2.42. The van der Waals surface area contributed by atoms with Gasteiger partial charge in [0, 0.05) is 30.5 Å². The van der Waals surface area contributed by atoms with Crippen molar-refractivity contribution in [2.24, 2.45) is 40.9 Å². The van der Waals surface area contributed by atoms with Crippen molar-refractivity contribution in [1.29, 1.82) is 0 Å². The topological polar surface area (TPSA) is 109 Å². The molecular weight excluding hydrogens is 606 g/mol. The smallest absolute Gasteiger partial charge is 0.345 e. The molecule has 1 aromatic rings. The summed E-state index contributed by atoms with van der Waals surface area (Å²) in [5, 5.41) is 33.6. The van der Waals surface area contributed by atoms with Crippen LogP contribution in [0.4, 0.5) is 0 Å². The molecule has 2 saturated heterocycles. The normalized spacial score (nSPS) is 39.4. The van der Waals surface area contributed by atoms with Crippen LogP contribution in [0, 0.1) is 40.9 Å². The molecule has 0 radical (unpaired) electrons. The van der Waals surface area contributed by atoms with Gasteiger partial charge in [0.25, 0.3) is 0 Å². The quantitative estimate of drug-likeness (QED) is 0.269. The Morgan fingerprint density at radius 3 is 2.58 bits per heavy atom. The minimum atomic E-state index is -0.656. The van der Waals surface area contributed by atoms with Crippen LogP contribution in [-0.4, -0.2) is 71.2 Å². The monoisotopic (exact) mass is 657 g/mol. The summed E-state index contributed by atoms with van der Waals surface area (Å²) in [6.07, 6.45) is 16.1. The van der Waals surface area contributed by atoms with Gasteiger partial charge < -0.3 is 29.5 Å². The van der Waals surface area contributed by atoms with E-state index < -0.39 is 24.6 Å². The molecule has 8 heteroatoms. The van der Waals surface area contributed by atoms with Gasteiger partial charge in [0.2, 0.25) is 5.76 Å². The maximum atomic E-state index is 12.7. The van der Waals surface area contributed by atoms with Crippen molar-refractivity contribution in [3.8, 4) is 0 Å². The fourth-order valence-corrected chi connectivity index (χ4v) is 11.6. The molecule has 1 spiro atoms. The number of carbonyl (C=O) groups excluding carboxylic acids is 1. The second kappa shape index (κ2) is 12.8. The SMILES string of the molecule is COC1=C(CO)C(=O)OC1=C1OC2=CCCN3[C@@H]([C@@H](O)[C@@H]4C=CC[C@@H](C)C4)[C@@H]4CC5(CCCC5)[C@@H](c5ccccc5)[C@H]4C[C@@H]3[C@H]2[C@@H]1CO. The first-order valence-corrected chi connectivity index (χ1v) is 18.4. The first-order chi connectivity index (χ1) is 23.4. The van der Waals surface area contributed by atoms with Crippen LogP contribution in [0.5, 0.6) is 0 Å². The highest BCUT2D eigenvalue weighted by Crippen LogP contribution is 2.67. The molecular formula is C40H51NO7. The number of aliphatic hydroxyl groups is 3. The zero-order chi connectivity index (χ0) is 33.2. The molecule has 4 aliphatic heterocycles. The molecule has 48 heavy (non-hydrogen) atoms. The van der Waals surface area contributed by atoms with Crippen LogP contribution in [0.3, 0.4) is 0 Å². The number of ether oxygens (including phenoxy) is 3. The molecule has 0 amide bonds.